The van der Waals surface area contributed by atoms with Gasteiger partial charge in [-0.25, -0.2) is 0 Å². The number of hydrogen-bond acceptors (Lipinski definition) is 2. The Labute approximate surface area is 111 Å². The molecule has 2 aliphatic rings. The molecule has 0 radical (unpaired) electrons. The van der Waals surface area contributed by atoms with Crippen LogP contribution in [0.5, 0.6) is 0 Å². The summed E-state index contributed by atoms with van der Waals surface area (Å²) in [4.78, 5) is 23.5. The monoisotopic (exact) mass is 300 g/mol. The lowest BCUT2D eigenvalue weighted by atomic mass is 10.2. The number of nitrogens with zero attached hydrogens (tertiary/aromatic N) is 1. The summed E-state index contributed by atoms with van der Waals surface area (Å²) in [5.41, 5.74) is 0. The van der Waals surface area contributed by atoms with E-state index in [4.69, 9.17) is 0 Å². The number of hydrogen-bond donors (Lipinski definition) is 1. The summed E-state index contributed by atoms with van der Waals surface area (Å²) >= 11 is 0. The Kier molecular flexibility index (Phi) is 3.64. The molecule has 0 aromatic heterocycles. The molecule has 2 rings (SSSR count). The van der Waals surface area contributed by atoms with Gasteiger partial charge in [-0.15, -0.1) is 0 Å². The Balaban J connectivity index is 2.09. The van der Waals surface area contributed by atoms with Crippen LogP contribution in [0.25, 0.3) is 0 Å². The molecule has 1 saturated carbocycles. The minimum absolute atomic E-state index is 0.0526. The lowest BCUT2D eigenvalue weighted by Crippen LogP contribution is -2.56. The van der Waals surface area contributed by atoms with Crippen LogP contribution in [-0.4, -0.2) is 47.4 Å². The molecule has 1 aliphatic carbocycles. The van der Waals surface area contributed by atoms with Gasteiger partial charge >= 0.3 is 18.0 Å². The Morgan fingerprint density at radius 2 is 1.65 bits per heavy atom. The van der Waals surface area contributed by atoms with Gasteiger partial charge in [-0.1, -0.05) is 0 Å². The van der Waals surface area contributed by atoms with Crippen molar-refractivity contribution < 1.29 is 31.5 Å². The molecular formula is C11H13F5N2O2. The highest BCUT2D eigenvalue weighted by molar-refractivity contribution is 5.91. The molecule has 0 bridgehead atoms. The summed E-state index contributed by atoms with van der Waals surface area (Å²) in [6.45, 7) is -0.271. The zero-order valence-corrected chi connectivity index (χ0v) is 10.3. The number of rotatable bonds is 3. The zero-order valence-electron chi connectivity index (χ0n) is 10.3. The van der Waals surface area contributed by atoms with Crippen LogP contribution in [0.2, 0.25) is 0 Å². The van der Waals surface area contributed by atoms with E-state index in [1.54, 1.807) is 0 Å². The first-order valence-corrected chi connectivity index (χ1v) is 6.20. The van der Waals surface area contributed by atoms with Crippen LogP contribution >= 0.6 is 0 Å². The van der Waals surface area contributed by atoms with Gasteiger partial charge in [0.05, 0.1) is 0 Å². The van der Waals surface area contributed by atoms with Crippen LogP contribution in [0, 0.1) is 0 Å². The molecule has 114 valence electrons. The summed E-state index contributed by atoms with van der Waals surface area (Å²) < 4.78 is 62.6. The smallest absolute Gasteiger partial charge is 0.352 e. The molecule has 1 aliphatic heterocycles. The van der Waals surface area contributed by atoms with Crippen molar-refractivity contribution in [3.05, 3.63) is 0 Å². The Hall–Kier alpha value is -1.41. The van der Waals surface area contributed by atoms with Crippen LogP contribution in [0.15, 0.2) is 0 Å². The largest absolute Gasteiger partial charge is 0.463 e. The highest BCUT2D eigenvalue weighted by Gasteiger charge is 2.65. The minimum Gasteiger partial charge on any atom is -0.352 e. The fourth-order valence-electron chi connectivity index (χ4n) is 2.11. The van der Waals surface area contributed by atoms with Gasteiger partial charge < -0.3 is 10.2 Å². The van der Waals surface area contributed by atoms with E-state index in [-0.39, 0.29) is 25.4 Å². The number of likely N-dealkylation sites (tertiary alicyclic amines) is 1. The van der Waals surface area contributed by atoms with E-state index in [1.807, 2.05) is 0 Å². The lowest BCUT2D eigenvalue weighted by Gasteiger charge is -2.28. The molecule has 1 N–H and O–H groups in total. The van der Waals surface area contributed by atoms with Crippen molar-refractivity contribution in [2.45, 2.75) is 49.9 Å². The number of nitrogens with one attached hydrogen (secondary N) is 1. The van der Waals surface area contributed by atoms with Crippen LogP contribution in [-0.2, 0) is 9.59 Å². The average molecular weight is 300 g/mol. The topological polar surface area (TPSA) is 49.4 Å². The van der Waals surface area contributed by atoms with Gasteiger partial charge in [-0.2, -0.15) is 22.0 Å². The molecule has 4 nitrogen and oxygen atoms in total. The summed E-state index contributed by atoms with van der Waals surface area (Å²) in [6, 6.07) is -1.29. The van der Waals surface area contributed by atoms with E-state index in [9.17, 15) is 31.5 Å². The Morgan fingerprint density at radius 1 is 1.05 bits per heavy atom. The lowest BCUT2D eigenvalue weighted by molar-refractivity contribution is -0.274. The van der Waals surface area contributed by atoms with Crippen LogP contribution < -0.4 is 5.32 Å². The van der Waals surface area contributed by atoms with Gasteiger partial charge in [0.1, 0.15) is 6.04 Å². The van der Waals surface area contributed by atoms with Gasteiger partial charge in [0.15, 0.2) is 0 Å². The molecular weight excluding hydrogens is 287 g/mol. The quantitative estimate of drug-likeness (QED) is 0.802. The fraction of sp³-hybridized carbons (Fsp3) is 0.818. The van der Waals surface area contributed by atoms with Gasteiger partial charge in [0.25, 0.3) is 0 Å². The van der Waals surface area contributed by atoms with Gasteiger partial charge in [0.2, 0.25) is 5.91 Å². The number of amides is 2. The third-order valence-corrected chi connectivity index (χ3v) is 3.36. The van der Waals surface area contributed by atoms with Gasteiger partial charge in [0, 0.05) is 12.6 Å². The zero-order chi connectivity index (χ0) is 15.1. The van der Waals surface area contributed by atoms with E-state index in [0.717, 1.165) is 12.8 Å². The molecule has 2 amide bonds. The predicted molar refractivity (Wildman–Crippen MR) is 56.9 cm³/mol. The standard InChI is InChI=1S/C11H13F5N2O2/c12-10(13,11(14,15)16)9(20)18-5-1-2-7(18)8(19)17-6-3-4-6/h6-7H,1-5H2,(H,17,19). The number of carbonyl (C=O) groups excluding carboxylic acids is 2. The Bertz CT molecular complexity index is 420. The maximum absolute atomic E-state index is 13.0. The molecule has 0 aromatic rings. The maximum atomic E-state index is 13.0. The van der Waals surface area contributed by atoms with Crippen molar-refractivity contribution in [1.29, 1.82) is 0 Å². The first-order chi connectivity index (χ1) is 9.14. The van der Waals surface area contributed by atoms with E-state index in [2.05, 4.69) is 5.32 Å². The highest BCUT2D eigenvalue weighted by atomic mass is 19.4. The summed E-state index contributed by atoms with van der Waals surface area (Å²) in [7, 11) is 0. The summed E-state index contributed by atoms with van der Waals surface area (Å²) in [5, 5.41) is 2.51. The van der Waals surface area contributed by atoms with Crippen molar-refractivity contribution in [2.75, 3.05) is 6.54 Å². The number of halogens is 5. The molecule has 20 heavy (non-hydrogen) atoms. The Morgan fingerprint density at radius 3 is 2.15 bits per heavy atom. The SMILES string of the molecule is O=C(NC1CC1)C1CCCN1C(=O)C(F)(F)C(F)(F)F. The first-order valence-electron chi connectivity index (χ1n) is 6.20. The minimum atomic E-state index is -5.95. The molecule has 1 saturated heterocycles. The van der Waals surface area contributed by atoms with Crippen LogP contribution in [0.3, 0.4) is 0 Å². The van der Waals surface area contributed by atoms with Crippen molar-refractivity contribution in [3.8, 4) is 0 Å². The molecule has 9 heteroatoms. The molecule has 0 spiro atoms. The average Bonchev–Trinajstić information content (AvgIpc) is 3.00. The van der Waals surface area contributed by atoms with E-state index in [1.165, 1.54) is 0 Å². The molecule has 1 unspecified atom stereocenters. The normalized spacial score (nSPS) is 23.9. The van der Waals surface area contributed by atoms with Crippen LogP contribution in [0.4, 0.5) is 22.0 Å². The molecule has 0 aromatic carbocycles. The number of carbonyl (C=O) groups is 2. The maximum Gasteiger partial charge on any atom is 0.463 e. The second kappa shape index (κ2) is 4.85. The van der Waals surface area contributed by atoms with Crippen molar-refractivity contribution in [1.82, 2.24) is 10.2 Å². The fourth-order valence-corrected chi connectivity index (χ4v) is 2.11. The third kappa shape index (κ3) is 2.71. The second-order valence-corrected chi connectivity index (χ2v) is 5.01. The van der Waals surface area contributed by atoms with Gasteiger partial charge in [-0.3, -0.25) is 9.59 Å². The third-order valence-electron chi connectivity index (χ3n) is 3.36. The highest BCUT2D eigenvalue weighted by Crippen LogP contribution is 2.38. The van der Waals surface area contributed by atoms with Crippen molar-refractivity contribution in [3.63, 3.8) is 0 Å². The first kappa shape index (κ1) is 15.0. The molecule has 2 fully saturated rings. The molecule has 1 atom stereocenters. The van der Waals surface area contributed by atoms with Crippen LogP contribution in [0.1, 0.15) is 25.7 Å². The second-order valence-electron chi connectivity index (χ2n) is 5.01. The van der Waals surface area contributed by atoms with Crippen molar-refractivity contribution in [2.24, 2.45) is 0 Å². The van der Waals surface area contributed by atoms with E-state index < -0.39 is 30.0 Å². The summed E-state index contributed by atoms with van der Waals surface area (Å²) in [6.07, 6.45) is -4.12. The van der Waals surface area contributed by atoms with E-state index in [0.29, 0.717) is 4.90 Å². The summed E-state index contributed by atoms with van der Waals surface area (Å²) in [5.74, 6) is -8.47. The van der Waals surface area contributed by atoms with E-state index >= 15 is 0 Å². The predicted octanol–water partition coefficient (Wildman–Crippen LogP) is 1.45. The van der Waals surface area contributed by atoms with Gasteiger partial charge in [-0.05, 0) is 25.7 Å². The van der Waals surface area contributed by atoms with Crippen molar-refractivity contribution >= 4 is 11.8 Å². The molecule has 1 heterocycles. The number of alkyl halides is 5.